The van der Waals surface area contributed by atoms with Crippen molar-refractivity contribution in [2.24, 2.45) is 5.10 Å². The Morgan fingerprint density at radius 1 is 1.19 bits per heavy atom. The molecular weight excluding hydrogens is 426 g/mol. The number of carbonyl (C=O) groups is 2. The molecule has 0 spiro atoms. The highest BCUT2D eigenvalue weighted by Gasteiger charge is 2.14. The van der Waals surface area contributed by atoms with E-state index in [9.17, 15) is 19.7 Å². The number of benzene rings is 2. The second kappa shape index (κ2) is 9.68. The highest BCUT2D eigenvalue weighted by molar-refractivity contribution is 6.33. The van der Waals surface area contributed by atoms with Crippen LogP contribution in [0.25, 0.3) is 11.3 Å². The van der Waals surface area contributed by atoms with Gasteiger partial charge in [-0.25, -0.2) is 10.2 Å². The van der Waals surface area contributed by atoms with Crippen LogP contribution in [0.2, 0.25) is 5.02 Å². The number of furan rings is 1. The van der Waals surface area contributed by atoms with Crippen LogP contribution in [-0.2, 0) is 4.74 Å². The maximum Gasteiger partial charge on any atom is 0.339 e. The monoisotopic (exact) mass is 441 g/mol. The molecule has 1 aromatic heterocycles. The number of nitrogens with one attached hydrogen (secondary N) is 1. The Kier molecular flexibility index (Phi) is 6.78. The van der Waals surface area contributed by atoms with Gasteiger partial charge in [-0.1, -0.05) is 11.6 Å². The van der Waals surface area contributed by atoms with E-state index in [1.807, 2.05) is 0 Å². The summed E-state index contributed by atoms with van der Waals surface area (Å²) in [5, 5.41) is 14.7. The molecule has 1 N–H and O–H groups in total. The lowest BCUT2D eigenvalue weighted by Crippen LogP contribution is -2.17. The van der Waals surface area contributed by atoms with Crippen molar-refractivity contribution in [2.45, 2.75) is 6.92 Å². The average molecular weight is 442 g/mol. The van der Waals surface area contributed by atoms with E-state index in [1.165, 1.54) is 30.5 Å². The van der Waals surface area contributed by atoms with Crippen LogP contribution >= 0.6 is 11.6 Å². The third-order valence-electron chi connectivity index (χ3n) is 4.07. The molecule has 3 rings (SSSR count). The lowest BCUT2D eigenvalue weighted by molar-refractivity contribution is -0.384. The minimum Gasteiger partial charge on any atom is -0.462 e. The molecule has 0 saturated carbocycles. The molecule has 1 heterocycles. The number of hydrogen-bond acceptors (Lipinski definition) is 7. The van der Waals surface area contributed by atoms with Crippen LogP contribution < -0.4 is 5.43 Å². The second-order valence-corrected chi connectivity index (χ2v) is 6.53. The van der Waals surface area contributed by atoms with Crippen molar-refractivity contribution in [3.8, 4) is 11.3 Å². The molecule has 0 fully saturated rings. The van der Waals surface area contributed by atoms with Crippen LogP contribution in [0.4, 0.5) is 5.69 Å². The fraction of sp³-hybridized carbons (Fsp3) is 0.0952. The lowest BCUT2D eigenvalue weighted by Gasteiger charge is -2.05. The number of non-ortho nitro benzene ring substituents is 1. The highest BCUT2D eigenvalue weighted by Crippen LogP contribution is 2.27. The number of rotatable bonds is 7. The zero-order chi connectivity index (χ0) is 22.4. The average Bonchev–Trinajstić information content (AvgIpc) is 3.23. The number of carbonyl (C=O) groups excluding carboxylic acids is 2. The standard InChI is InChI=1S/C21H16ClN3O6/c1-2-30-21(27)17-11-14(5-9-18(17)22)19-10-8-16(31-19)12-23-24-20(26)13-3-6-15(7-4-13)25(28)29/h3-12H,2H2,1H3,(H,24,26)/b23-12-. The number of ether oxygens (including phenoxy) is 1. The third kappa shape index (κ3) is 5.34. The Balaban J connectivity index is 1.68. The largest absolute Gasteiger partial charge is 0.462 e. The summed E-state index contributed by atoms with van der Waals surface area (Å²) >= 11 is 6.07. The van der Waals surface area contributed by atoms with Crippen molar-refractivity contribution in [1.29, 1.82) is 0 Å². The molecule has 9 nitrogen and oxygen atoms in total. The fourth-order valence-corrected chi connectivity index (χ4v) is 2.77. The Labute approximate surface area is 181 Å². The first-order valence-electron chi connectivity index (χ1n) is 9.03. The lowest BCUT2D eigenvalue weighted by atomic mass is 10.1. The van der Waals surface area contributed by atoms with Crippen molar-refractivity contribution in [1.82, 2.24) is 5.43 Å². The van der Waals surface area contributed by atoms with E-state index in [0.29, 0.717) is 17.1 Å². The van der Waals surface area contributed by atoms with E-state index >= 15 is 0 Å². The molecule has 0 bridgehead atoms. The molecule has 31 heavy (non-hydrogen) atoms. The molecule has 3 aromatic rings. The topological polar surface area (TPSA) is 124 Å². The summed E-state index contributed by atoms with van der Waals surface area (Å²) < 4.78 is 10.6. The van der Waals surface area contributed by atoms with Gasteiger partial charge < -0.3 is 9.15 Å². The first-order valence-corrected chi connectivity index (χ1v) is 9.41. The van der Waals surface area contributed by atoms with Crippen molar-refractivity contribution in [3.63, 3.8) is 0 Å². The molecule has 158 valence electrons. The Bertz CT molecular complexity index is 1150. The van der Waals surface area contributed by atoms with Gasteiger partial charge in [0.1, 0.15) is 11.5 Å². The fourth-order valence-electron chi connectivity index (χ4n) is 2.57. The first kappa shape index (κ1) is 21.7. The number of hydrazone groups is 1. The zero-order valence-electron chi connectivity index (χ0n) is 16.2. The molecule has 0 unspecified atom stereocenters. The predicted molar refractivity (Wildman–Crippen MR) is 113 cm³/mol. The Morgan fingerprint density at radius 3 is 2.61 bits per heavy atom. The van der Waals surface area contributed by atoms with Crippen molar-refractivity contribution >= 4 is 35.4 Å². The zero-order valence-corrected chi connectivity index (χ0v) is 17.0. The summed E-state index contributed by atoms with van der Waals surface area (Å²) in [5.41, 5.74) is 3.25. The molecule has 0 radical (unpaired) electrons. The number of halogens is 1. The molecule has 0 saturated heterocycles. The normalized spacial score (nSPS) is 10.8. The molecule has 0 aliphatic heterocycles. The summed E-state index contributed by atoms with van der Waals surface area (Å²) in [4.78, 5) is 34.1. The van der Waals surface area contributed by atoms with Gasteiger partial charge in [-0.05, 0) is 49.4 Å². The summed E-state index contributed by atoms with van der Waals surface area (Å²) in [6, 6.07) is 13.3. The van der Waals surface area contributed by atoms with E-state index in [4.69, 9.17) is 20.8 Å². The van der Waals surface area contributed by atoms with Gasteiger partial charge in [0.25, 0.3) is 11.6 Å². The van der Waals surface area contributed by atoms with Crippen molar-refractivity contribution < 1.29 is 23.7 Å². The van der Waals surface area contributed by atoms with Gasteiger partial charge in [-0.15, -0.1) is 0 Å². The van der Waals surface area contributed by atoms with Crippen molar-refractivity contribution in [2.75, 3.05) is 6.61 Å². The summed E-state index contributed by atoms with van der Waals surface area (Å²) in [5.74, 6) is -0.247. The van der Waals surface area contributed by atoms with E-state index in [2.05, 4.69) is 10.5 Å². The quantitative estimate of drug-likeness (QED) is 0.250. The van der Waals surface area contributed by atoms with Gasteiger partial charge >= 0.3 is 5.97 Å². The van der Waals surface area contributed by atoms with Gasteiger partial charge in [0, 0.05) is 23.3 Å². The molecule has 1 amide bonds. The van der Waals surface area contributed by atoms with Gasteiger partial charge in [-0.2, -0.15) is 5.10 Å². The minimum absolute atomic E-state index is 0.114. The van der Waals surface area contributed by atoms with Gasteiger partial charge in [-0.3, -0.25) is 14.9 Å². The second-order valence-electron chi connectivity index (χ2n) is 6.12. The summed E-state index contributed by atoms with van der Waals surface area (Å²) in [6.07, 6.45) is 1.30. The number of hydrogen-bond donors (Lipinski definition) is 1. The van der Waals surface area contributed by atoms with Crippen LogP contribution in [-0.4, -0.2) is 29.6 Å². The Morgan fingerprint density at radius 2 is 1.94 bits per heavy atom. The molecule has 0 atom stereocenters. The van der Waals surface area contributed by atoms with Gasteiger partial charge in [0.05, 0.1) is 28.3 Å². The molecule has 10 heteroatoms. The van der Waals surface area contributed by atoms with Crippen LogP contribution in [0.5, 0.6) is 0 Å². The molecular formula is C21H16ClN3O6. The Hall–Kier alpha value is -3.98. The number of nitro groups is 1. The molecule has 0 aliphatic carbocycles. The van der Waals surface area contributed by atoms with E-state index in [0.717, 1.165) is 0 Å². The third-order valence-corrected chi connectivity index (χ3v) is 4.40. The van der Waals surface area contributed by atoms with Gasteiger partial charge in [0.15, 0.2) is 0 Å². The first-order chi connectivity index (χ1) is 14.9. The summed E-state index contributed by atoms with van der Waals surface area (Å²) in [7, 11) is 0. The molecule has 0 aliphatic rings. The van der Waals surface area contributed by atoms with Crippen LogP contribution in [0, 0.1) is 10.1 Å². The maximum absolute atomic E-state index is 12.0. The minimum atomic E-state index is -0.551. The summed E-state index contributed by atoms with van der Waals surface area (Å²) in [6.45, 7) is 1.93. The van der Waals surface area contributed by atoms with Crippen molar-refractivity contribution in [3.05, 3.63) is 86.6 Å². The van der Waals surface area contributed by atoms with E-state index < -0.39 is 16.8 Å². The smallest absolute Gasteiger partial charge is 0.339 e. The number of nitro benzene ring substituents is 1. The van der Waals surface area contributed by atoms with Gasteiger partial charge in [0.2, 0.25) is 0 Å². The number of esters is 1. The van der Waals surface area contributed by atoms with Crippen LogP contribution in [0.15, 0.2) is 64.1 Å². The predicted octanol–water partition coefficient (Wildman–Crippen LogP) is 4.45. The van der Waals surface area contributed by atoms with Crippen LogP contribution in [0.1, 0.15) is 33.4 Å². The number of nitrogens with zero attached hydrogens (tertiary/aromatic N) is 2. The highest BCUT2D eigenvalue weighted by atomic mass is 35.5. The van der Waals surface area contributed by atoms with E-state index in [-0.39, 0.29) is 28.4 Å². The van der Waals surface area contributed by atoms with Crippen LogP contribution in [0.3, 0.4) is 0 Å². The van der Waals surface area contributed by atoms with E-state index in [1.54, 1.807) is 37.3 Å². The maximum atomic E-state index is 12.0. The number of amides is 1. The molecule has 2 aromatic carbocycles. The SMILES string of the molecule is CCOC(=O)c1cc(-c2ccc(/C=N\NC(=O)c3ccc([N+](=O)[O-])cc3)o2)ccc1Cl.